The minimum absolute atomic E-state index is 0.0258. The van der Waals surface area contributed by atoms with Gasteiger partial charge in [-0.25, -0.2) is 8.78 Å². The second-order valence-corrected chi connectivity index (χ2v) is 3.28. The van der Waals surface area contributed by atoms with Gasteiger partial charge in [0.15, 0.2) is 0 Å². The first-order valence-corrected chi connectivity index (χ1v) is 4.70. The smallest absolute Gasteiger partial charge is 0.227 e. The van der Waals surface area contributed by atoms with Crippen LogP contribution in [0.25, 0.3) is 0 Å². The lowest BCUT2D eigenvalue weighted by Crippen LogP contribution is -2.28. The molecule has 0 unspecified atom stereocenters. The third kappa shape index (κ3) is 4.06. The molecule has 0 atom stereocenters. The van der Waals surface area contributed by atoms with Gasteiger partial charge in [0.25, 0.3) is 0 Å². The average Bonchev–Trinajstić information content (AvgIpc) is 2.30. The van der Waals surface area contributed by atoms with Crippen molar-refractivity contribution in [3.63, 3.8) is 0 Å². The van der Waals surface area contributed by atoms with Crippen molar-refractivity contribution < 1.29 is 18.8 Å². The van der Waals surface area contributed by atoms with Gasteiger partial charge >= 0.3 is 0 Å². The number of halogens is 2. The van der Waals surface area contributed by atoms with Crippen LogP contribution < -0.4 is 11.1 Å². The molecule has 0 aliphatic carbocycles. The summed E-state index contributed by atoms with van der Waals surface area (Å²) in [6, 6.07) is 2.94. The maximum absolute atomic E-state index is 13.1. The van der Waals surface area contributed by atoms with Gasteiger partial charge in [0.2, 0.25) is 5.91 Å². The molecule has 0 saturated heterocycles. The Hall–Kier alpha value is -2.18. The summed E-state index contributed by atoms with van der Waals surface area (Å²) in [7, 11) is 0. The van der Waals surface area contributed by atoms with Crippen molar-refractivity contribution in [2.24, 2.45) is 10.9 Å². The van der Waals surface area contributed by atoms with Gasteiger partial charge in [-0.05, 0) is 18.2 Å². The molecule has 0 aliphatic rings. The van der Waals surface area contributed by atoms with Gasteiger partial charge in [0, 0.05) is 12.1 Å². The average molecular weight is 243 g/mol. The fourth-order valence-electron chi connectivity index (χ4n) is 1.13. The number of benzene rings is 1. The maximum Gasteiger partial charge on any atom is 0.227 e. The van der Waals surface area contributed by atoms with Crippen LogP contribution in [0.5, 0.6) is 0 Å². The minimum Gasteiger partial charge on any atom is -0.409 e. The number of hydrogen-bond donors (Lipinski definition) is 3. The van der Waals surface area contributed by atoms with Gasteiger partial charge in [0.05, 0.1) is 6.42 Å². The van der Waals surface area contributed by atoms with Gasteiger partial charge < -0.3 is 16.3 Å². The first-order valence-electron chi connectivity index (χ1n) is 4.70. The molecule has 0 heterocycles. The molecule has 1 aromatic rings. The molecule has 7 heteroatoms. The third-order valence-electron chi connectivity index (χ3n) is 1.95. The molecule has 4 N–H and O–H groups in total. The lowest BCUT2D eigenvalue weighted by Gasteiger charge is -2.05. The molecular weight excluding hydrogens is 232 g/mol. The number of oxime groups is 1. The maximum atomic E-state index is 13.1. The van der Waals surface area contributed by atoms with Crippen molar-refractivity contribution in [3.8, 4) is 0 Å². The van der Waals surface area contributed by atoms with E-state index in [-0.39, 0.29) is 24.4 Å². The van der Waals surface area contributed by atoms with E-state index in [2.05, 4.69) is 10.5 Å². The fraction of sp³-hybridized carbons (Fsp3) is 0.200. The molecule has 1 amide bonds. The lowest BCUT2D eigenvalue weighted by molar-refractivity contribution is -0.120. The van der Waals surface area contributed by atoms with Crippen LogP contribution in [0.3, 0.4) is 0 Å². The summed E-state index contributed by atoms with van der Waals surface area (Å²) in [6.45, 7) is -0.166. The number of carbonyl (C=O) groups is 1. The van der Waals surface area contributed by atoms with Gasteiger partial charge in [-0.2, -0.15) is 0 Å². The number of hydrogen-bond acceptors (Lipinski definition) is 3. The van der Waals surface area contributed by atoms with E-state index in [0.717, 1.165) is 18.2 Å². The van der Waals surface area contributed by atoms with Crippen LogP contribution in [-0.2, 0) is 11.3 Å². The topological polar surface area (TPSA) is 87.7 Å². The molecule has 0 aliphatic heterocycles. The molecule has 0 fully saturated rings. The summed E-state index contributed by atoms with van der Waals surface area (Å²) in [5.41, 5.74) is 5.13. The predicted octanol–water partition coefficient (Wildman–Crippen LogP) is 0.717. The summed E-state index contributed by atoms with van der Waals surface area (Å²) < 4.78 is 25.9. The molecule has 0 saturated carbocycles. The van der Waals surface area contributed by atoms with Crippen LogP contribution in [0.2, 0.25) is 0 Å². The Bertz CT molecular complexity index is 449. The van der Waals surface area contributed by atoms with Crippen LogP contribution in [-0.4, -0.2) is 17.0 Å². The molecule has 5 nitrogen and oxygen atoms in total. The van der Waals surface area contributed by atoms with Crippen molar-refractivity contribution in [2.45, 2.75) is 13.0 Å². The van der Waals surface area contributed by atoms with Gasteiger partial charge in [-0.15, -0.1) is 0 Å². The predicted molar refractivity (Wildman–Crippen MR) is 56.2 cm³/mol. The van der Waals surface area contributed by atoms with Crippen LogP contribution in [0, 0.1) is 11.6 Å². The standard InChI is InChI=1S/C10H11F2N3O2/c11-7-1-2-8(12)6(3-7)5-14-10(16)4-9(13)15-17/h1-3,17H,4-5H2,(H2,13,15)(H,14,16). The summed E-state index contributed by atoms with van der Waals surface area (Å²) in [6.07, 6.45) is -0.312. The van der Waals surface area contributed by atoms with E-state index in [4.69, 9.17) is 10.9 Å². The summed E-state index contributed by atoms with van der Waals surface area (Å²) in [4.78, 5) is 11.2. The Labute approximate surface area is 95.9 Å². The molecule has 0 spiro atoms. The normalized spacial score (nSPS) is 11.3. The van der Waals surface area contributed by atoms with Crippen LogP contribution in [0.1, 0.15) is 12.0 Å². The second-order valence-electron chi connectivity index (χ2n) is 3.28. The van der Waals surface area contributed by atoms with Gasteiger partial charge in [0.1, 0.15) is 17.5 Å². The highest BCUT2D eigenvalue weighted by molar-refractivity contribution is 5.98. The van der Waals surface area contributed by atoms with Gasteiger partial charge in [-0.3, -0.25) is 4.79 Å². The number of nitrogens with zero attached hydrogens (tertiary/aromatic N) is 1. The van der Waals surface area contributed by atoms with Crippen molar-refractivity contribution >= 4 is 11.7 Å². The minimum atomic E-state index is -0.615. The summed E-state index contributed by atoms with van der Waals surface area (Å²) in [5, 5.41) is 13.2. The second kappa shape index (κ2) is 5.78. The Morgan fingerprint density at radius 3 is 2.82 bits per heavy atom. The largest absolute Gasteiger partial charge is 0.409 e. The first-order chi connectivity index (χ1) is 8.02. The summed E-state index contributed by atoms with van der Waals surface area (Å²) >= 11 is 0. The monoisotopic (exact) mass is 243 g/mol. The van der Waals surface area contributed by atoms with Crippen molar-refractivity contribution in [1.29, 1.82) is 0 Å². The van der Waals surface area contributed by atoms with E-state index in [9.17, 15) is 13.6 Å². The molecule has 0 aromatic heterocycles. The lowest BCUT2D eigenvalue weighted by atomic mass is 10.2. The highest BCUT2D eigenvalue weighted by Crippen LogP contribution is 2.09. The Morgan fingerprint density at radius 1 is 1.47 bits per heavy atom. The zero-order valence-corrected chi connectivity index (χ0v) is 8.78. The van der Waals surface area contributed by atoms with E-state index in [1.807, 2.05) is 0 Å². The SMILES string of the molecule is NC(CC(=O)NCc1cc(F)ccc1F)=NO. The van der Waals surface area contributed by atoms with E-state index in [1.165, 1.54) is 0 Å². The molecule has 0 radical (unpaired) electrons. The van der Waals surface area contributed by atoms with Crippen LogP contribution in [0.4, 0.5) is 8.78 Å². The molecule has 17 heavy (non-hydrogen) atoms. The number of carbonyl (C=O) groups excluding carboxylic acids is 1. The van der Waals surface area contributed by atoms with E-state index < -0.39 is 17.5 Å². The number of amides is 1. The number of nitrogens with one attached hydrogen (secondary N) is 1. The zero-order chi connectivity index (χ0) is 12.8. The Morgan fingerprint density at radius 2 is 2.18 bits per heavy atom. The van der Waals surface area contributed by atoms with E-state index in [1.54, 1.807) is 0 Å². The van der Waals surface area contributed by atoms with Crippen molar-refractivity contribution in [3.05, 3.63) is 35.4 Å². The number of nitrogens with two attached hydrogens (primary N) is 1. The first kappa shape index (κ1) is 12.9. The highest BCUT2D eigenvalue weighted by atomic mass is 19.1. The Balaban J connectivity index is 2.56. The number of amidine groups is 1. The third-order valence-corrected chi connectivity index (χ3v) is 1.95. The van der Waals surface area contributed by atoms with Gasteiger partial charge in [-0.1, -0.05) is 5.16 Å². The molecular formula is C10H11F2N3O2. The molecule has 1 rings (SSSR count). The number of rotatable bonds is 4. The molecule has 1 aromatic carbocycles. The molecule has 0 bridgehead atoms. The fourth-order valence-corrected chi connectivity index (χ4v) is 1.13. The zero-order valence-electron chi connectivity index (χ0n) is 8.78. The van der Waals surface area contributed by atoms with Crippen LogP contribution in [0.15, 0.2) is 23.4 Å². The Kier molecular flexibility index (Phi) is 4.38. The summed E-state index contributed by atoms with van der Waals surface area (Å²) in [5.74, 6) is -2.02. The van der Waals surface area contributed by atoms with Crippen molar-refractivity contribution in [2.75, 3.05) is 0 Å². The molecule has 92 valence electrons. The van der Waals surface area contributed by atoms with E-state index in [0.29, 0.717) is 0 Å². The highest BCUT2D eigenvalue weighted by Gasteiger charge is 2.07. The van der Waals surface area contributed by atoms with Crippen molar-refractivity contribution in [1.82, 2.24) is 5.32 Å². The quantitative estimate of drug-likeness (QED) is 0.315. The van der Waals surface area contributed by atoms with Crippen LogP contribution >= 0.6 is 0 Å². The van der Waals surface area contributed by atoms with E-state index >= 15 is 0 Å².